The Hall–Kier alpha value is -2.33. The lowest BCUT2D eigenvalue weighted by Gasteiger charge is -2.29. The van der Waals surface area contributed by atoms with E-state index in [-0.39, 0.29) is 6.61 Å². The van der Waals surface area contributed by atoms with Crippen LogP contribution in [0.4, 0.5) is 5.69 Å². The van der Waals surface area contributed by atoms with Crippen molar-refractivity contribution in [3.05, 3.63) is 59.0 Å². The zero-order chi connectivity index (χ0) is 15.1. The molecule has 4 nitrogen and oxygen atoms in total. The summed E-state index contributed by atoms with van der Waals surface area (Å²) in [5.74, 6) is 0. The van der Waals surface area contributed by atoms with Crippen molar-refractivity contribution in [1.29, 1.82) is 0 Å². The van der Waals surface area contributed by atoms with E-state index in [2.05, 4.69) is 40.0 Å². The van der Waals surface area contributed by atoms with Crippen LogP contribution in [-0.4, -0.2) is 21.6 Å². The predicted octanol–water partition coefficient (Wildman–Crippen LogP) is 2.93. The summed E-state index contributed by atoms with van der Waals surface area (Å²) < 4.78 is 0. The first-order valence-corrected chi connectivity index (χ1v) is 7.65. The topological polar surface area (TPSA) is 52.2 Å². The Morgan fingerprint density at radius 3 is 3.05 bits per heavy atom. The number of pyridine rings is 1. The van der Waals surface area contributed by atoms with Crippen molar-refractivity contribution in [2.75, 3.05) is 11.4 Å². The third kappa shape index (κ3) is 2.16. The van der Waals surface area contributed by atoms with E-state index in [0.29, 0.717) is 0 Å². The van der Waals surface area contributed by atoms with Crippen molar-refractivity contribution < 1.29 is 5.11 Å². The average molecular weight is 293 g/mol. The van der Waals surface area contributed by atoms with Gasteiger partial charge in [-0.3, -0.25) is 4.98 Å². The number of aryl methyl sites for hydroxylation is 1. The fourth-order valence-corrected chi connectivity index (χ4v) is 3.30. The number of anilines is 1. The zero-order valence-corrected chi connectivity index (χ0v) is 12.6. The summed E-state index contributed by atoms with van der Waals surface area (Å²) >= 11 is 0. The second-order valence-corrected chi connectivity index (χ2v) is 5.97. The molecule has 4 heteroatoms. The lowest BCUT2D eigenvalue weighted by molar-refractivity contribution is 0.277. The van der Waals surface area contributed by atoms with Gasteiger partial charge in [-0.15, -0.1) is 0 Å². The summed E-state index contributed by atoms with van der Waals surface area (Å²) in [6.45, 7) is 4.00. The number of nitrogens with zero attached hydrogens (tertiary/aromatic N) is 2. The van der Waals surface area contributed by atoms with Gasteiger partial charge in [0.2, 0.25) is 0 Å². The maximum absolute atomic E-state index is 9.27. The average Bonchev–Trinajstić information content (AvgIpc) is 2.92. The molecule has 22 heavy (non-hydrogen) atoms. The third-order valence-corrected chi connectivity index (χ3v) is 4.46. The Labute approximate surface area is 129 Å². The molecule has 112 valence electrons. The second kappa shape index (κ2) is 5.14. The van der Waals surface area contributed by atoms with Crippen LogP contribution in [0.25, 0.3) is 10.9 Å². The fourth-order valence-electron chi connectivity index (χ4n) is 3.30. The van der Waals surface area contributed by atoms with Crippen LogP contribution in [0, 0.1) is 6.92 Å². The van der Waals surface area contributed by atoms with Gasteiger partial charge in [0.1, 0.15) is 0 Å². The number of aliphatic hydroxyl groups is 1. The molecule has 0 radical (unpaired) electrons. The number of rotatable bonds is 2. The lowest BCUT2D eigenvalue weighted by Crippen LogP contribution is -2.30. The van der Waals surface area contributed by atoms with Crippen molar-refractivity contribution >= 4 is 16.6 Å². The highest BCUT2D eigenvalue weighted by Gasteiger charge is 2.21. The van der Waals surface area contributed by atoms with E-state index in [0.717, 1.165) is 30.9 Å². The second-order valence-electron chi connectivity index (χ2n) is 5.97. The third-order valence-electron chi connectivity index (χ3n) is 4.46. The SMILES string of the molecule is Cc1ccc2[nH]c3c(c2c1)CN(c1ccnc(CO)c1)CC3. The summed E-state index contributed by atoms with van der Waals surface area (Å²) in [6, 6.07) is 10.6. The lowest BCUT2D eigenvalue weighted by atomic mass is 10.0. The highest BCUT2D eigenvalue weighted by Crippen LogP contribution is 2.30. The molecule has 0 saturated carbocycles. The Kier molecular flexibility index (Phi) is 3.12. The predicted molar refractivity (Wildman–Crippen MR) is 87.9 cm³/mol. The minimum Gasteiger partial charge on any atom is -0.390 e. The molecule has 0 atom stereocenters. The van der Waals surface area contributed by atoms with E-state index < -0.39 is 0 Å². The Bertz CT molecular complexity index is 837. The molecule has 4 rings (SSSR count). The Morgan fingerprint density at radius 2 is 2.18 bits per heavy atom. The maximum atomic E-state index is 9.27. The monoisotopic (exact) mass is 293 g/mol. The van der Waals surface area contributed by atoms with E-state index in [1.54, 1.807) is 6.20 Å². The molecule has 3 aromatic rings. The van der Waals surface area contributed by atoms with Gasteiger partial charge in [0.25, 0.3) is 0 Å². The van der Waals surface area contributed by atoms with Crippen LogP contribution in [0.15, 0.2) is 36.5 Å². The van der Waals surface area contributed by atoms with Gasteiger partial charge in [-0.2, -0.15) is 0 Å². The van der Waals surface area contributed by atoms with Crippen LogP contribution in [0.2, 0.25) is 0 Å². The smallest absolute Gasteiger partial charge is 0.0853 e. The number of hydrogen-bond donors (Lipinski definition) is 2. The maximum Gasteiger partial charge on any atom is 0.0853 e. The van der Waals surface area contributed by atoms with Gasteiger partial charge < -0.3 is 15.0 Å². The molecule has 2 aromatic heterocycles. The van der Waals surface area contributed by atoms with Crippen molar-refractivity contribution in [2.24, 2.45) is 0 Å². The number of aliphatic hydroxyl groups excluding tert-OH is 1. The first-order valence-electron chi connectivity index (χ1n) is 7.65. The van der Waals surface area contributed by atoms with Gasteiger partial charge in [-0.05, 0) is 31.2 Å². The standard InChI is InChI=1S/C18H19N3O/c1-12-2-3-17-15(8-12)16-10-21(7-5-18(16)20-17)14-4-6-19-13(9-14)11-22/h2-4,6,8-9,20,22H,5,7,10-11H2,1H3. The Balaban J connectivity index is 1.73. The highest BCUT2D eigenvalue weighted by molar-refractivity contribution is 5.86. The highest BCUT2D eigenvalue weighted by atomic mass is 16.3. The summed E-state index contributed by atoms with van der Waals surface area (Å²) in [5.41, 5.74) is 7.12. The largest absolute Gasteiger partial charge is 0.390 e. The summed E-state index contributed by atoms with van der Waals surface area (Å²) in [4.78, 5) is 10.1. The van der Waals surface area contributed by atoms with Gasteiger partial charge in [0, 0.05) is 53.6 Å². The van der Waals surface area contributed by atoms with E-state index in [1.165, 1.54) is 27.7 Å². The van der Waals surface area contributed by atoms with Crippen molar-refractivity contribution in [2.45, 2.75) is 26.5 Å². The van der Waals surface area contributed by atoms with Crippen molar-refractivity contribution in [3.63, 3.8) is 0 Å². The fraction of sp³-hybridized carbons (Fsp3) is 0.278. The summed E-state index contributed by atoms with van der Waals surface area (Å²) in [7, 11) is 0. The van der Waals surface area contributed by atoms with Crippen molar-refractivity contribution in [1.82, 2.24) is 9.97 Å². The number of aromatic nitrogens is 2. The van der Waals surface area contributed by atoms with Crippen LogP contribution in [-0.2, 0) is 19.6 Å². The number of H-pyrrole nitrogens is 1. The van der Waals surface area contributed by atoms with Gasteiger partial charge in [-0.25, -0.2) is 0 Å². The van der Waals surface area contributed by atoms with Crippen LogP contribution >= 0.6 is 0 Å². The van der Waals surface area contributed by atoms with Gasteiger partial charge in [0.15, 0.2) is 0 Å². The molecule has 3 heterocycles. The molecule has 1 aliphatic heterocycles. The zero-order valence-electron chi connectivity index (χ0n) is 12.6. The van der Waals surface area contributed by atoms with E-state index in [1.807, 2.05) is 12.1 Å². The minimum absolute atomic E-state index is 0.0147. The number of fused-ring (bicyclic) bond motifs is 3. The number of benzene rings is 1. The van der Waals surface area contributed by atoms with Crippen LogP contribution in [0.5, 0.6) is 0 Å². The van der Waals surface area contributed by atoms with Crippen LogP contribution < -0.4 is 4.90 Å². The molecule has 0 unspecified atom stereocenters. The minimum atomic E-state index is -0.0147. The van der Waals surface area contributed by atoms with E-state index in [9.17, 15) is 5.11 Å². The molecule has 0 saturated heterocycles. The van der Waals surface area contributed by atoms with E-state index in [4.69, 9.17) is 0 Å². The van der Waals surface area contributed by atoms with Gasteiger partial charge >= 0.3 is 0 Å². The van der Waals surface area contributed by atoms with Crippen LogP contribution in [0.1, 0.15) is 22.5 Å². The molecular formula is C18H19N3O. The quantitative estimate of drug-likeness (QED) is 0.764. The molecular weight excluding hydrogens is 274 g/mol. The summed E-state index contributed by atoms with van der Waals surface area (Å²) in [6.07, 6.45) is 2.79. The number of aromatic amines is 1. The molecule has 0 fully saturated rings. The molecule has 1 aromatic carbocycles. The molecule has 0 amide bonds. The molecule has 0 aliphatic carbocycles. The molecule has 0 bridgehead atoms. The van der Waals surface area contributed by atoms with Crippen LogP contribution in [0.3, 0.4) is 0 Å². The summed E-state index contributed by atoms with van der Waals surface area (Å²) in [5, 5.41) is 10.6. The van der Waals surface area contributed by atoms with Gasteiger partial charge in [-0.1, -0.05) is 11.6 Å². The first-order chi connectivity index (χ1) is 10.7. The molecule has 0 spiro atoms. The van der Waals surface area contributed by atoms with Crippen molar-refractivity contribution in [3.8, 4) is 0 Å². The number of nitrogens with one attached hydrogen (secondary N) is 1. The number of hydrogen-bond acceptors (Lipinski definition) is 3. The normalized spacial score (nSPS) is 14.4. The van der Waals surface area contributed by atoms with Gasteiger partial charge in [0.05, 0.1) is 12.3 Å². The Morgan fingerprint density at radius 1 is 1.27 bits per heavy atom. The first kappa shape index (κ1) is 13.3. The molecule has 1 aliphatic rings. The molecule has 2 N–H and O–H groups in total. The van der Waals surface area contributed by atoms with E-state index >= 15 is 0 Å².